The van der Waals surface area contributed by atoms with E-state index in [9.17, 15) is 9.59 Å². The maximum Gasteiger partial charge on any atom is 0.388 e. The van der Waals surface area contributed by atoms with E-state index in [1.54, 1.807) is 13.0 Å². The van der Waals surface area contributed by atoms with Crippen LogP contribution in [0.2, 0.25) is 32.2 Å². The Morgan fingerprint density at radius 2 is 1.77 bits per heavy atom. The van der Waals surface area contributed by atoms with Crippen LogP contribution in [0.1, 0.15) is 20.3 Å². The van der Waals surface area contributed by atoms with Crippen molar-refractivity contribution >= 4 is 28.6 Å². The average molecular weight is 345 g/mol. The lowest BCUT2D eigenvalue weighted by Gasteiger charge is -2.32. The second kappa shape index (κ2) is 9.07. The maximum absolute atomic E-state index is 11.7. The van der Waals surface area contributed by atoms with Gasteiger partial charge in [-0.2, -0.15) is 0 Å². The number of carbonyl (C=O) groups excluding carboxylic acids is 2. The lowest BCUT2D eigenvalue weighted by molar-refractivity contribution is -0.130. The Bertz CT molecular complexity index is 440. The molecule has 0 saturated carbocycles. The monoisotopic (exact) mass is 344 g/mol. The number of allylic oxidation sites excluding steroid dienone is 2. The van der Waals surface area contributed by atoms with Gasteiger partial charge in [0.1, 0.15) is 0 Å². The summed E-state index contributed by atoms with van der Waals surface area (Å²) in [4.78, 5) is 22.8. The van der Waals surface area contributed by atoms with Gasteiger partial charge in [-0.15, -0.1) is 0 Å². The SMILES string of the molecule is C=C(OCCC[Si](C)(OC(=O)C=CC)O[Si](C)(C)C)C(C)=O. The molecule has 0 radical (unpaired) electrons. The molecule has 1 unspecified atom stereocenters. The highest BCUT2D eigenvalue weighted by Crippen LogP contribution is 2.22. The molecule has 1 atom stereocenters. The Balaban J connectivity index is 4.63. The van der Waals surface area contributed by atoms with E-state index >= 15 is 0 Å². The normalized spacial score (nSPS) is 14.5. The molecule has 5 nitrogen and oxygen atoms in total. The first-order chi connectivity index (χ1) is 9.99. The highest BCUT2D eigenvalue weighted by Gasteiger charge is 2.39. The van der Waals surface area contributed by atoms with Crippen LogP contribution in [-0.4, -0.2) is 35.2 Å². The van der Waals surface area contributed by atoms with E-state index in [1.165, 1.54) is 13.0 Å². The minimum atomic E-state index is -2.62. The summed E-state index contributed by atoms with van der Waals surface area (Å²) >= 11 is 0. The van der Waals surface area contributed by atoms with E-state index in [0.29, 0.717) is 19.1 Å². The molecule has 22 heavy (non-hydrogen) atoms. The Morgan fingerprint density at radius 3 is 2.23 bits per heavy atom. The van der Waals surface area contributed by atoms with Crippen LogP contribution in [0.25, 0.3) is 0 Å². The van der Waals surface area contributed by atoms with E-state index in [-0.39, 0.29) is 17.5 Å². The predicted molar refractivity (Wildman–Crippen MR) is 92.2 cm³/mol. The van der Waals surface area contributed by atoms with E-state index in [0.717, 1.165) is 0 Å². The summed E-state index contributed by atoms with van der Waals surface area (Å²) in [6, 6.07) is 0.617. The fourth-order valence-electron chi connectivity index (χ4n) is 1.84. The lowest BCUT2D eigenvalue weighted by Crippen LogP contribution is -2.48. The standard InChI is InChI=1S/C15H28O5Si2/c1-8-10-15(17)19-22(7,20-21(4,5)6)12-9-11-18-14(3)13(2)16/h8,10H,3,9,11-12H2,1-2,4-7H3. The molecule has 0 N–H and O–H groups in total. The number of Topliss-reactive ketones (excluding diaryl/α,β-unsaturated/α-hetero) is 1. The van der Waals surface area contributed by atoms with Gasteiger partial charge in [0.15, 0.2) is 19.9 Å². The third-order valence-corrected chi connectivity index (χ3v) is 8.66. The third kappa shape index (κ3) is 9.70. The van der Waals surface area contributed by atoms with Crippen molar-refractivity contribution < 1.29 is 22.9 Å². The zero-order valence-electron chi connectivity index (χ0n) is 14.5. The molecule has 0 aromatic heterocycles. The summed E-state index contributed by atoms with van der Waals surface area (Å²) in [6.45, 7) is 15.2. The van der Waals surface area contributed by atoms with E-state index in [4.69, 9.17) is 13.3 Å². The Morgan fingerprint density at radius 1 is 1.18 bits per heavy atom. The molecule has 0 amide bonds. The molecular weight excluding hydrogens is 316 g/mol. The summed E-state index contributed by atoms with van der Waals surface area (Å²) in [7, 11) is -4.45. The van der Waals surface area contributed by atoms with Crippen LogP contribution in [0.5, 0.6) is 0 Å². The van der Waals surface area contributed by atoms with Gasteiger partial charge >= 0.3 is 14.5 Å². The average Bonchev–Trinajstić information content (AvgIpc) is 2.31. The van der Waals surface area contributed by atoms with Gasteiger partial charge in [0.25, 0.3) is 0 Å². The molecule has 0 fully saturated rings. The molecule has 0 bridgehead atoms. The Labute approximate surface area is 135 Å². The highest BCUT2D eigenvalue weighted by atomic mass is 28.4. The highest BCUT2D eigenvalue weighted by molar-refractivity contribution is 6.82. The summed E-state index contributed by atoms with van der Waals surface area (Å²) in [6.07, 6.45) is 3.68. The van der Waals surface area contributed by atoms with Gasteiger partial charge in [-0.3, -0.25) is 4.79 Å². The van der Waals surface area contributed by atoms with Crippen molar-refractivity contribution in [1.82, 2.24) is 0 Å². The summed E-state index contributed by atoms with van der Waals surface area (Å²) in [5.41, 5.74) is 0. The number of hydrogen-bond donors (Lipinski definition) is 0. The van der Waals surface area contributed by atoms with Gasteiger partial charge in [-0.05, 0) is 39.5 Å². The van der Waals surface area contributed by atoms with Crippen LogP contribution >= 0.6 is 0 Å². The molecule has 0 aliphatic heterocycles. The number of hydrogen-bond acceptors (Lipinski definition) is 5. The predicted octanol–water partition coefficient (Wildman–Crippen LogP) is 3.54. The minimum Gasteiger partial charge on any atom is -0.492 e. The maximum atomic E-state index is 11.7. The Kier molecular flexibility index (Phi) is 8.58. The van der Waals surface area contributed by atoms with Crippen LogP contribution in [-0.2, 0) is 22.9 Å². The van der Waals surface area contributed by atoms with Crippen molar-refractivity contribution in [1.29, 1.82) is 0 Å². The first-order valence-electron chi connectivity index (χ1n) is 7.37. The molecule has 126 valence electrons. The second-order valence-corrected chi connectivity index (χ2v) is 14.2. The fourth-order valence-corrected chi connectivity index (χ4v) is 8.98. The van der Waals surface area contributed by atoms with E-state index in [1.807, 2.05) is 6.55 Å². The molecule has 7 heteroatoms. The summed E-state index contributed by atoms with van der Waals surface area (Å²) in [5, 5.41) is 0. The van der Waals surface area contributed by atoms with Crippen molar-refractivity contribution in [2.45, 2.75) is 52.5 Å². The van der Waals surface area contributed by atoms with Crippen LogP contribution in [0.15, 0.2) is 24.5 Å². The van der Waals surface area contributed by atoms with Crippen LogP contribution < -0.4 is 0 Å². The number of rotatable bonds is 10. The van der Waals surface area contributed by atoms with Gasteiger partial charge in [0.05, 0.1) is 6.61 Å². The quantitative estimate of drug-likeness (QED) is 0.262. The Hall–Kier alpha value is -1.19. The smallest absolute Gasteiger partial charge is 0.388 e. The van der Waals surface area contributed by atoms with Crippen molar-refractivity contribution in [3.63, 3.8) is 0 Å². The van der Waals surface area contributed by atoms with Crippen molar-refractivity contribution in [2.24, 2.45) is 0 Å². The number of ether oxygens (including phenoxy) is 1. The van der Waals surface area contributed by atoms with Crippen molar-refractivity contribution in [3.8, 4) is 0 Å². The van der Waals surface area contributed by atoms with Crippen LogP contribution in [0.3, 0.4) is 0 Å². The zero-order chi connectivity index (χ0) is 17.4. The largest absolute Gasteiger partial charge is 0.492 e. The summed E-state index contributed by atoms with van der Waals surface area (Å²) in [5.74, 6) is -0.401. The second-order valence-electron chi connectivity index (χ2n) is 6.20. The van der Waals surface area contributed by atoms with Gasteiger partial charge in [0.2, 0.25) is 0 Å². The number of ketones is 1. The van der Waals surface area contributed by atoms with E-state index in [2.05, 4.69) is 26.2 Å². The fraction of sp³-hybridized carbons (Fsp3) is 0.600. The van der Waals surface area contributed by atoms with Crippen LogP contribution in [0.4, 0.5) is 0 Å². The molecule has 0 aliphatic carbocycles. The van der Waals surface area contributed by atoms with Crippen LogP contribution in [0, 0.1) is 0 Å². The first-order valence-corrected chi connectivity index (χ1v) is 13.3. The topological polar surface area (TPSA) is 61.8 Å². The molecule has 0 spiro atoms. The minimum absolute atomic E-state index is 0.153. The van der Waals surface area contributed by atoms with Gasteiger partial charge in [-0.25, -0.2) is 4.79 Å². The zero-order valence-corrected chi connectivity index (χ0v) is 16.5. The molecule has 0 aromatic carbocycles. The lowest BCUT2D eigenvalue weighted by atomic mass is 10.4. The van der Waals surface area contributed by atoms with Gasteiger partial charge in [0, 0.05) is 19.0 Å². The third-order valence-electron chi connectivity index (χ3n) is 2.59. The van der Waals surface area contributed by atoms with E-state index < -0.39 is 16.9 Å². The van der Waals surface area contributed by atoms with Gasteiger partial charge in [-0.1, -0.05) is 12.7 Å². The molecule has 0 saturated heterocycles. The van der Waals surface area contributed by atoms with Crippen molar-refractivity contribution in [2.75, 3.05) is 6.61 Å². The summed E-state index contributed by atoms with van der Waals surface area (Å²) < 4.78 is 17.0. The molecular formula is C15H28O5Si2. The van der Waals surface area contributed by atoms with Gasteiger partial charge < -0.3 is 13.3 Å². The first kappa shape index (κ1) is 20.8. The van der Waals surface area contributed by atoms with Crippen molar-refractivity contribution in [3.05, 3.63) is 24.5 Å². The molecule has 0 aliphatic rings. The molecule has 0 heterocycles. The molecule has 0 aromatic rings. The molecule has 0 rings (SSSR count). The number of carbonyl (C=O) groups is 2.